The number of phenols is 1. The number of benzene rings is 4. The van der Waals surface area contributed by atoms with Gasteiger partial charge >= 0.3 is 0 Å². The summed E-state index contributed by atoms with van der Waals surface area (Å²) in [6.45, 7) is 3.66. The van der Waals surface area contributed by atoms with Gasteiger partial charge in [0.25, 0.3) is 16.0 Å². The van der Waals surface area contributed by atoms with E-state index in [1.807, 2.05) is 6.92 Å². The molecule has 0 atom stereocenters. The van der Waals surface area contributed by atoms with Gasteiger partial charge in [0.1, 0.15) is 22.0 Å². The number of hydrogen-bond donors (Lipinski definition) is 3. The van der Waals surface area contributed by atoms with Crippen molar-refractivity contribution in [2.24, 2.45) is 10.2 Å². The number of ether oxygens (including phenoxy) is 1. The molecular formula is C26H21Cl2N3O6S. The van der Waals surface area contributed by atoms with Crippen LogP contribution in [0.1, 0.15) is 22.8 Å². The third-order valence-electron chi connectivity index (χ3n) is 5.42. The van der Waals surface area contributed by atoms with Gasteiger partial charge in [0.2, 0.25) is 0 Å². The van der Waals surface area contributed by atoms with Crippen molar-refractivity contribution >= 4 is 67.1 Å². The number of fused-ring (bicyclic) bond motifs is 1. The molecule has 3 N–H and O–H groups in total. The molecule has 0 aliphatic heterocycles. The number of carbonyl (C=O) groups is 1. The summed E-state index contributed by atoms with van der Waals surface area (Å²) in [5.41, 5.74) is 0.0531. The monoisotopic (exact) mass is 573 g/mol. The van der Waals surface area contributed by atoms with Gasteiger partial charge in [0.05, 0.1) is 12.2 Å². The second-order valence-electron chi connectivity index (χ2n) is 8.15. The molecule has 196 valence electrons. The predicted octanol–water partition coefficient (Wildman–Crippen LogP) is 7.47. The number of nitrogens with one attached hydrogen (secondary N) is 1. The summed E-state index contributed by atoms with van der Waals surface area (Å²) in [7, 11) is -4.67. The van der Waals surface area contributed by atoms with Crippen molar-refractivity contribution in [3.8, 4) is 11.5 Å². The molecule has 0 saturated carbocycles. The second-order valence-corrected chi connectivity index (χ2v) is 10.4. The molecule has 4 aromatic carbocycles. The highest BCUT2D eigenvalue weighted by Crippen LogP contribution is 2.41. The summed E-state index contributed by atoms with van der Waals surface area (Å²) < 4.78 is 39.1. The summed E-state index contributed by atoms with van der Waals surface area (Å²) >= 11 is 12.2. The van der Waals surface area contributed by atoms with E-state index >= 15 is 0 Å². The smallest absolute Gasteiger partial charge is 0.297 e. The quantitative estimate of drug-likeness (QED) is 0.155. The molecular weight excluding hydrogens is 553 g/mol. The molecule has 0 aliphatic rings. The van der Waals surface area contributed by atoms with Crippen molar-refractivity contribution in [1.29, 1.82) is 0 Å². The lowest BCUT2D eigenvalue weighted by Crippen LogP contribution is -2.12. The highest BCUT2D eigenvalue weighted by Gasteiger charge is 2.22. The largest absolute Gasteiger partial charge is 0.505 e. The SMILES string of the molecule is CCOc1cc(Cl)cc(NC(=O)c2cc3ccccc3c(N=Nc3cc(Cl)cc(C)c3S(=O)(=O)O)c2O)c1. The molecule has 0 fully saturated rings. The van der Waals surface area contributed by atoms with E-state index in [9.17, 15) is 22.9 Å². The van der Waals surface area contributed by atoms with E-state index in [4.69, 9.17) is 27.9 Å². The van der Waals surface area contributed by atoms with Gasteiger partial charge in [-0.2, -0.15) is 8.42 Å². The van der Waals surface area contributed by atoms with E-state index in [1.54, 1.807) is 36.4 Å². The van der Waals surface area contributed by atoms with E-state index in [1.165, 1.54) is 31.2 Å². The average molecular weight is 574 g/mol. The van der Waals surface area contributed by atoms with Gasteiger partial charge in [-0.15, -0.1) is 10.2 Å². The van der Waals surface area contributed by atoms with Crippen molar-refractivity contribution < 1.29 is 27.6 Å². The number of rotatable bonds is 7. The highest BCUT2D eigenvalue weighted by molar-refractivity contribution is 7.86. The minimum absolute atomic E-state index is 0.0896. The molecule has 12 heteroatoms. The third-order valence-corrected chi connectivity index (χ3v) is 6.90. The minimum Gasteiger partial charge on any atom is -0.505 e. The molecule has 0 radical (unpaired) electrons. The Balaban J connectivity index is 1.82. The van der Waals surface area contributed by atoms with Crippen molar-refractivity contribution in [1.82, 2.24) is 0 Å². The average Bonchev–Trinajstić information content (AvgIpc) is 2.81. The van der Waals surface area contributed by atoms with Crippen molar-refractivity contribution in [2.45, 2.75) is 18.7 Å². The first-order chi connectivity index (χ1) is 18.0. The third kappa shape index (κ3) is 5.89. The number of aryl methyl sites for hydroxylation is 1. The Labute approximate surface area is 228 Å². The fourth-order valence-corrected chi connectivity index (χ4v) is 5.22. The number of amides is 1. The van der Waals surface area contributed by atoms with Crippen molar-refractivity contribution in [3.63, 3.8) is 0 Å². The van der Waals surface area contributed by atoms with Gasteiger partial charge in [-0.1, -0.05) is 47.5 Å². The van der Waals surface area contributed by atoms with Crippen LogP contribution in [-0.2, 0) is 10.1 Å². The maximum Gasteiger partial charge on any atom is 0.297 e. The Kier molecular flexibility index (Phi) is 7.89. The molecule has 0 saturated heterocycles. The summed E-state index contributed by atoms with van der Waals surface area (Å²) in [5.74, 6) is -0.699. The van der Waals surface area contributed by atoms with Crippen molar-refractivity contribution in [3.05, 3.63) is 81.8 Å². The summed E-state index contributed by atoms with van der Waals surface area (Å²) in [6.07, 6.45) is 0. The topological polar surface area (TPSA) is 138 Å². The molecule has 0 bridgehead atoms. The predicted molar refractivity (Wildman–Crippen MR) is 146 cm³/mol. The van der Waals surface area contributed by atoms with Gasteiger partial charge in [-0.25, -0.2) is 0 Å². The molecule has 0 aromatic heterocycles. The Morgan fingerprint density at radius 1 is 1.03 bits per heavy atom. The van der Waals surface area contributed by atoms with Crippen LogP contribution >= 0.6 is 23.2 Å². The Morgan fingerprint density at radius 2 is 1.74 bits per heavy atom. The van der Waals surface area contributed by atoms with Crippen LogP contribution in [0.15, 0.2) is 75.8 Å². The standard InChI is InChI=1S/C26H21Cl2N3O6S/c1-3-37-19-11-17(28)10-18(13-19)29-26(33)21-9-15-6-4-5-7-20(15)23(24(21)32)31-30-22-12-16(27)8-14(2)25(22)38(34,35)36/h4-13,32H,3H2,1-2H3,(H,29,33)(H,34,35,36). The van der Waals surface area contributed by atoms with E-state index in [0.29, 0.717) is 33.8 Å². The van der Waals surface area contributed by atoms with Crippen LogP contribution in [-0.4, -0.2) is 30.6 Å². The molecule has 9 nitrogen and oxygen atoms in total. The number of nitrogens with zero attached hydrogens (tertiary/aromatic N) is 2. The zero-order valence-electron chi connectivity index (χ0n) is 20.1. The van der Waals surface area contributed by atoms with Crippen LogP contribution in [0.3, 0.4) is 0 Å². The van der Waals surface area contributed by atoms with Gasteiger partial charge in [0.15, 0.2) is 5.75 Å². The van der Waals surface area contributed by atoms with Gasteiger partial charge in [0, 0.05) is 27.2 Å². The van der Waals surface area contributed by atoms with Crippen LogP contribution in [0.4, 0.5) is 17.1 Å². The molecule has 4 rings (SSSR count). The highest BCUT2D eigenvalue weighted by atomic mass is 35.5. The first-order valence-corrected chi connectivity index (χ1v) is 13.4. The molecule has 0 heterocycles. The van der Waals surface area contributed by atoms with E-state index in [0.717, 1.165) is 0 Å². The normalized spacial score (nSPS) is 11.7. The Bertz CT molecular complexity index is 1710. The Hall–Kier alpha value is -3.70. The number of azo groups is 1. The zero-order valence-corrected chi connectivity index (χ0v) is 22.4. The van der Waals surface area contributed by atoms with Gasteiger partial charge in [-0.3, -0.25) is 9.35 Å². The molecule has 38 heavy (non-hydrogen) atoms. The van der Waals surface area contributed by atoms with Crippen LogP contribution in [0.2, 0.25) is 10.0 Å². The number of anilines is 1. The fraction of sp³-hybridized carbons (Fsp3) is 0.115. The lowest BCUT2D eigenvalue weighted by molar-refractivity contribution is 0.102. The van der Waals surface area contributed by atoms with E-state index in [2.05, 4.69) is 15.5 Å². The maximum absolute atomic E-state index is 13.2. The van der Waals surface area contributed by atoms with Gasteiger partial charge in [-0.05, 0) is 55.1 Å². The van der Waals surface area contributed by atoms with Crippen LogP contribution in [0.25, 0.3) is 10.8 Å². The number of halogens is 2. The van der Waals surface area contributed by atoms with Crippen molar-refractivity contribution in [2.75, 3.05) is 11.9 Å². The molecule has 0 spiro atoms. The minimum atomic E-state index is -4.67. The zero-order chi connectivity index (χ0) is 27.6. The fourth-order valence-electron chi connectivity index (χ4n) is 3.90. The number of hydrogen-bond acceptors (Lipinski definition) is 7. The molecule has 0 aliphatic carbocycles. The van der Waals surface area contributed by atoms with E-state index < -0.39 is 26.7 Å². The Morgan fingerprint density at radius 3 is 2.45 bits per heavy atom. The van der Waals surface area contributed by atoms with Crippen LogP contribution in [0.5, 0.6) is 11.5 Å². The van der Waals surface area contributed by atoms with E-state index in [-0.39, 0.29) is 27.5 Å². The lowest BCUT2D eigenvalue weighted by Gasteiger charge is -2.12. The second kappa shape index (κ2) is 11.0. The lowest BCUT2D eigenvalue weighted by atomic mass is 10.0. The first-order valence-electron chi connectivity index (χ1n) is 11.2. The van der Waals surface area contributed by atoms with Crippen LogP contribution in [0, 0.1) is 6.92 Å². The number of carbonyl (C=O) groups excluding carboxylic acids is 1. The van der Waals surface area contributed by atoms with Crippen LogP contribution < -0.4 is 10.1 Å². The molecule has 1 amide bonds. The number of phenolic OH excluding ortho intramolecular Hbond substituents is 1. The van der Waals surface area contributed by atoms with Gasteiger partial charge < -0.3 is 15.2 Å². The summed E-state index contributed by atoms with van der Waals surface area (Å²) in [4.78, 5) is 12.7. The first kappa shape index (κ1) is 27.3. The summed E-state index contributed by atoms with van der Waals surface area (Å²) in [6, 6.07) is 15.6. The molecule has 0 unspecified atom stereocenters. The maximum atomic E-state index is 13.2. The summed E-state index contributed by atoms with van der Waals surface area (Å²) in [5, 5.41) is 23.3. The number of aromatic hydroxyl groups is 1. The molecule has 4 aromatic rings.